The van der Waals surface area contributed by atoms with Gasteiger partial charge in [0, 0.05) is 26.2 Å². The summed E-state index contributed by atoms with van der Waals surface area (Å²) in [7, 11) is -3.74. The summed E-state index contributed by atoms with van der Waals surface area (Å²) < 4.78 is 54.8. The molecule has 0 unspecified atom stereocenters. The minimum atomic E-state index is -3.74. The summed E-state index contributed by atoms with van der Waals surface area (Å²) in [6.07, 6.45) is 0. The minimum absolute atomic E-state index is 0.0985. The van der Waals surface area contributed by atoms with Crippen LogP contribution in [0.25, 0.3) is 0 Å². The van der Waals surface area contributed by atoms with Gasteiger partial charge in [-0.15, -0.1) is 0 Å². The number of halogens is 3. The molecule has 1 saturated heterocycles. The number of carbonyl (C=O) groups is 1. The molecule has 1 aliphatic rings. The lowest BCUT2D eigenvalue weighted by molar-refractivity contribution is 0.0697. The second-order valence-corrected chi connectivity index (χ2v) is 9.81. The average Bonchev–Trinajstić information content (AvgIpc) is 2.69. The highest BCUT2D eigenvalue weighted by molar-refractivity contribution is 7.89. The predicted molar refractivity (Wildman–Crippen MR) is 111 cm³/mol. The lowest BCUT2D eigenvalue weighted by Gasteiger charge is -2.35. The van der Waals surface area contributed by atoms with Gasteiger partial charge in [-0.25, -0.2) is 17.2 Å². The number of aryl methyl sites for hydroxylation is 2. The maximum Gasteiger partial charge on any atom is 0.255 e. The molecule has 2 aromatic rings. The number of benzene rings is 2. The van der Waals surface area contributed by atoms with Crippen molar-refractivity contribution in [3.8, 4) is 0 Å². The highest BCUT2D eigenvalue weighted by Crippen LogP contribution is 2.30. The third-order valence-electron chi connectivity index (χ3n) is 5.66. The molecule has 3 rings (SSSR count). The first kappa shape index (κ1) is 22.7. The fourth-order valence-corrected chi connectivity index (χ4v) is 5.91. The molecule has 0 bridgehead atoms. The molecule has 162 valence electrons. The van der Waals surface area contributed by atoms with Crippen molar-refractivity contribution in [1.29, 1.82) is 0 Å². The monoisotopic (exact) mass is 456 g/mol. The first-order valence-corrected chi connectivity index (χ1v) is 11.3. The molecule has 2 aromatic carbocycles. The van der Waals surface area contributed by atoms with E-state index in [0.717, 1.165) is 23.3 Å². The van der Waals surface area contributed by atoms with Gasteiger partial charge in [0.15, 0.2) is 11.6 Å². The Kier molecular flexibility index (Phi) is 6.23. The first-order chi connectivity index (χ1) is 13.9. The number of piperazine rings is 1. The fraction of sp³-hybridized carbons (Fsp3) is 0.381. The van der Waals surface area contributed by atoms with Crippen LogP contribution in [0, 0.1) is 39.3 Å². The van der Waals surface area contributed by atoms with Crippen LogP contribution >= 0.6 is 11.6 Å². The van der Waals surface area contributed by atoms with Gasteiger partial charge >= 0.3 is 0 Å². The van der Waals surface area contributed by atoms with Gasteiger partial charge < -0.3 is 4.90 Å². The Hall–Kier alpha value is -2.03. The number of nitrogens with zero attached hydrogens (tertiary/aromatic N) is 2. The Labute approximate surface area is 180 Å². The quantitative estimate of drug-likeness (QED) is 0.656. The van der Waals surface area contributed by atoms with Crippen LogP contribution in [0.5, 0.6) is 0 Å². The molecule has 5 nitrogen and oxygen atoms in total. The molecule has 0 aliphatic carbocycles. The second kappa shape index (κ2) is 8.24. The van der Waals surface area contributed by atoms with Crippen LogP contribution in [0.4, 0.5) is 8.78 Å². The van der Waals surface area contributed by atoms with E-state index in [1.54, 1.807) is 13.8 Å². The summed E-state index contributed by atoms with van der Waals surface area (Å²) >= 11 is 5.90. The van der Waals surface area contributed by atoms with Crippen LogP contribution in [-0.2, 0) is 10.0 Å². The molecule has 0 radical (unpaired) electrons. The van der Waals surface area contributed by atoms with Crippen LogP contribution in [0.15, 0.2) is 23.1 Å². The minimum Gasteiger partial charge on any atom is -0.336 e. The number of carbonyl (C=O) groups excluding carboxylic acids is 1. The number of rotatable bonds is 3. The van der Waals surface area contributed by atoms with E-state index in [1.807, 2.05) is 19.9 Å². The van der Waals surface area contributed by atoms with Crippen molar-refractivity contribution >= 4 is 27.5 Å². The average molecular weight is 457 g/mol. The third kappa shape index (κ3) is 3.96. The van der Waals surface area contributed by atoms with Gasteiger partial charge in [0.25, 0.3) is 5.91 Å². The van der Waals surface area contributed by atoms with Crippen LogP contribution in [0.3, 0.4) is 0 Å². The molecule has 0 saturated carbocycles. The Morgan fingerprint density at radius 2 is 1.40 bits per heavy atom. The molecule has 9 heteroatoms. The number of amides is 1. The Balaban J connectivity index is 1.82. The number of sulfonamides is 1. The van der Waals surface area contributed by atoms with Crippen LogP contribution in [0.1, 0.15) is 32.6 Å². The lowest BCUT2D eigenvalue weighted by Crippen LogP contribution is -2.50. The summed E-state index contributed by atoms with van der Waals surface area (Å²) in [5.41, 5.74) is 3.08. The van der Waals surface area contributed by atoms with Gasteiger partial charge in [0.2, 0.25) is 10.0 Å². The molecule has 1 aliphatic heterocycles. The Morgan fingerprint density at radius 3 is 1.93 bits per heavy atom. The number of hydrogen-bond donors (Lipinski definition) is 0. The summed E-state index contributed by atoms with van der Waals surface area (Å²) in [4.78, 5) is 14.4. The van der Waals surface area contributed by atoms with Crippen molar-refractivity contribution in [2.75, 3.05) is 26.2 Å². The van der Waals surface area contributed by atoms with Gasteiger partial charge in [0.05, 0.1) is 15.5 Å². The van der Waals surface area contributed by atoms with Crippen LogP contribution in [0.2, 0.25) is 5.02 Å². The molecule has 0 aromatic heterocycles. The standard InChI is InChI=1S/C21H23ClF2N2O3S/c1-12-9-13(2)15(4)20(14(12)3)30(28,29)26-7-5-25(6-8-26)21(27)16-10-18(23)19(24)11-17(16)22/h9-11H,5-8H2,1-4H3. The molecule has 1 fully saturated rings. The summed E-state index contributed by atoms with van der Waals surface area (Å²) in [6.45, 7) is 7.78. The smallest absolute Gasteiger partial charge is 0.255 e. The van der Waals surface area contributed by atoms with E-state index in [9.17, 15) is 22.0 Å². The SMILES string of the molecule is Cc1cc(C)c(C)c(S(=O)(=O)N2CCN(C(=O)c3cc(F)c(F)cc3Cl)CC2)c1C. The largest absolute Gasteiger partial charge is 0.336 e. The van der Waals surface area contributed by atoms with Gasteiger partial charge in [-0.05, 0) is 62.1 Å². The van der Waals surface area contributed by atoms with Crippen molar-refractivity contribution < 1.29 is 22.0 Å². The molecule has 0 N–H and O–H groups in total. The lowest BCUT2D eigenvalue weighted by atomic mass is 10.0. The van der Waals surface area contributed by atoms with Crippen LogP contribution in [-0.4, -0.2) is 49.7 Å². The second-order valence-electron chi connectivity index (χ2n) is 7.53. The number of hydrogen-bond acceptors (Lipinski definition) is 3. The van der Waals surface area contributed by atoms with E-state index in [4.69, 9.17) is 11.6 Å². The molecule has 1 heterocycles. The van der Waals surface area contributed by atoms with Gasteiger partial charge in [-0.3, -0.25) is 4.79 Å². The normalized spacial score (nSPS) is 15.5. The van der Waals surface area contributed by atoms with E-state index in [1.165, 1.54) is 9.21 Å². The topological polar surface area (TPSA) is 57.7 Å². The Morgan fingerprint density at radius 1 is 0.900 bits per heavy atom. The summed E-state index contributed by atoms with van der Waals surface area (Å²) in [6, 6.07) is 3.49. The van der Waals surface area contributed by atoms with Crippen molar-refractivity contribution in [2.45, 2.75) is 32.6 Å². The summed E-state index contributed by atoms with van der Waals surface area (Å²) in [5, 5.41) is -0.185. The molecule has 1 amide bonds. The van der Waals surface area contributed by atoms with E-state index >= 15 is 0 Å². The Bertz CT molecular complexity index is 1100. The molecular weight excluding hydrogens is 434 g/mol. The fourth-order valence-electron chi connectivity index (χ4n) is 3.69. The predicted octanol–water partition coefficient (Wildman–Crippen LogP) is 4.00. The molecule has 30 heavy (non-hydrogen) atoms. The molecular formula is C21H23ClF2N2O3S. The zero-order valence-corrected chi connectivity index (χ0v) is 18.8. The van der Waals surface area contributed by atoms with Crippen molar-refractivity contribution in [3.05, 3.63) is 62.7 Å². The highest BCUT2D eigenvalue weighted by atomic mass is 35.5. The van der Waals surface area contributed by atoms with Gasteiger partial charge in [-0.2, -0.15) is 4.31 Å². The summed E-state index contributed by atoms with van der Waals surface area (Å²) in [5.74, 6) is -2.86. The molecule has 0 atom stereocenters. The van der Waals surface area contributed by atoms with E-state index < -0.39 is 27.6 Å². The van der Waals surface area contributed by atoms with Gasteiger partial charge in [-0.1, -0.05) is 17.7 Å². The molecule has 0 spiro atoms. The van der Waals surface area contributed by atoms with Crippen molar-refractivity contribution in [1.82, 2.24) is 9.21 Å². The maximum atomic E-state index is 13.5. The zero-order valence-electron chi connectivity index (χ0n) is 17.2. The highest BCUT2D eigenvalue weighted by Gasteiger charge is 2.33. The van der Waals surface area contributed by atoms with E-state index in [2.05, 4.69) is 0 Å². The van der Waals surface area contributed by atoms with Crippen molar-refractivity contribution in [3.63, 3.8) is 0 Å². The third-order valence-corrected chi connectivity index (χ3v) is 8.15. The van der Waals surface area contributed by atoms with Crippen LogP contribution < -0.4 is 0 Å². The van der Waals surface area contributed by atoms with E-state index in [0.29, 0.717) is 16.0 Å². The van der Waals surface area contributed by atoms with E-state index in [-0.39, 0.29) is 36.8 Å². The zero-order chi connectivity index (χ0) is 22.4. The van der Waals surface area contributed by atoms with Gasteiger partial charge in [0.1, 0.15) is 0 Å². The van der Waals surface area contributed by atoms with Crippen molar-refractivity contribution in [2.24, 2.45) is 0 Å². The maximum absolute atomic E-state index is 13.5. The first-order valence-electron chi connectivity index (χ1n) is 9.46.